The molecule has 0 aromatic heterocycles. The van der Waals surface area contributed by atoms with Crippen molar-refractivity contribution in [3.05, 3.63) is 35.4 Å². The molecule has 2 N–H and O–H groups in total. The molecule has 0 aliphatic heterocycles. The van der Waals surface area contributed by atoms with E-state index in [0.717, 1.165) is 5.56 Å². The number of nitrogens with zero attached hydrogens (tertiary/aromatic N) is 1. The highest BCUT2D eigenvalue weighted by Gasteiger charge is 2.34. The molecule has 2 amide bonds. The predicted octanol–water partition coefficient (Wildman–Crippen LogP) is 1.30. The zero-order chi connectivity index (χ0) is 16.9. The average molecular weight is 306 g/mol. The molecule has 0 aliphatic rings. The number of carboxylic acid groups (broad SMARTS) is 1. The number of carboxylic acids is 1. The lowest BCUT2D eigenvalue weighted by atomic mass is 10.0. The lowest BCUT2D eigenvalue weighted by molar-refractivity contribution is -0.155. The van der Waals surface area contributed by atoms with Crippen LogP contribution in [0.15, 0.2) is 24.3 Å². The quantitative estimate of drug-likeness (QED) is 0.829. The van der Waals surface area contributed by atoms with E-state index in [1.165, 1.54) is 25.8 Å². The standard InChI is InChI=1S/C16H22N2O4/c1-16(2,15(21)22)18(4)13(19)9-8-11-6-5-7-12(10-11)14(20)17-3/h5-7,10H,8-9H2,1-4H3,(H,17,20)(H,21,22). The van der Waals surface area contributed by atoms with Crippen molar-refractivity contribution in [3.8, 4) is 0 Å². The lowest BCUT2D eigenvalue weighted by Crippen LogP contribution is -2.50. The first kappa shape index (κ1) is 17.7. The van der Waals surface area contributed by atoms with Crippen LogP contribution in [-0.4, -0.2) is 47.4 Å². The van der Waals surface area contributed by atoms with Gasteiger partial charge >= 0.3 is 5.97 Å². The van der Waals surface area contributed by atoms with Crippen LogP contribution < -0.4 is 5.32 Å². The number of amides is 2. The van der Waals surface area contributed by atoms with Gasteiger partial charge in [0.15, 0.2) is 0 Å². The molecule has 6 heteroatoms. The molecule has 0 fully saturated rings. The number of carbonyl (C=O) groups is 3. The van der Waals surface area contributed by atoms with E-state index in [9.17, 15) is 14.4 Å². The lowest BCUT2D eigenvalue weighted by Gasteiger charge is -2.31. The second-order valence-corrected chi connectivity index (χ2v) is 5.60. The number of hydrogen-bond acceptors (Lipinski definition) is 3. The van der Waals surface area contributed by atoms with Gasteiger partial charge in [0, 0.05) is 26.1 Å². The number of likely N-dealkylation sites (N-methyl/N-ethyl adjacent to an activating group) is 1. The van der Waals surface area contributed by atoms with Crippen molar-refractivity contribution in [2.75, 3.05) is 14.1 Å². The number of aliphatic carboxylic acids is 1. The molecule has 0 atom stereocenters. The molecule has 1 rings (SSSR count). The molecule has 6 nitrogen and oxygen atoms in total. The first-order valence-electron chi connectivity index (χ1n) is 7.01. The summed E-state index contributed by atoms with van der Waals surface area (Å²) in [5, 5.41) is 11.7. The smallest absolute Gasteiger partial charge is 0.329 e. The number of benzene rings is 1. The maximum atomic E-state index is 12.1. The van der Waals surface area contributed by atoms with E-state index in [0.29, 0.717) is 12.0 Å². The molecule has 0 unspecified atom stereocenters. The van der Waals surface area contributed by atoms with E-state index in [2.05, 4.69) is 5.32 Å². The summed E-state index contributed by atoms with van der Waals surface area (Å²) in [5.74, 6) is -1.49. The molecule has 22 heavy (non-hydrogen) atoms. The van der Waals surface area contributed by atoms with Crippen LogP contribution in [-0.2, 0) is 16.0 Å². The first-order chi connectivity index (χ1) is 10.2. The molecule has 0 spiro atoms. The third-order valence-corrected chi connectivity index (χ3v) is 3.78. The highest BCUT2D eigenvalue weighted by atomic mass is 16.4. The zero-order valence-corrected chi connectivity index (χ0v) is 13.3. The normalized spacial score (nSPS) is 10.9. The van der Waals surface area contributed by atoms with Crippen LogP contribution in [0.2, 0.25) is 0 Å². The first-order valence-corrected chi connectivity index (χ1v) is 7.01. The van der Waals surface area contributed by atoms with Gasteiger partial charge in [-0.1, -0.05) is 12.1 Å². The molecular weight excluding hydrogens is 284 g/mol. The number of hydrogen-bond donors (Lipinski definition) is 2. The van der Waals surface area contributed by atoms with Gasteiger partial charge in [0.05, 0.1) is 0 Å². The fraction of sp³-hybridized carbons (Fsp3) is 0.438. The van der Waals surface area contributed by atoms with Crippen molar-refractivity contribution in [2.24, 2.45) is 0 Å². The SMILES string of the molecule is CNC(=O)c1cccc(CCC(=O)N(C)C(C)(C)C(=O)O)c1. The predicted molar refractivity (Wildman–Crippen MR) is 82.6 cm³/mol. The van der Waals surface area contributed by atoms with E-state index >= 15 is 0 Å². The maximum Gasteiger partial charge on any atom is 0.329 e. The van der Waals surface area contributed by atoms with Gasteiger partial charge in [-0.2, -0.15) is 0 Å². The van der Waals surface area contributed by atoms with E-state index < -0.39 is 11.5 Å². The zero-order valence-electron chi connectivity index (χ0n) is 13.3. The van der Waals surface area contributed by atoms with E-state index in [1.807, 2.05) is 6.07 Å². The third-order valence-electron chi connectivity index (χ3n) is 3.78. The molecule has 1 aromatic rings. The Balaban J connectivity index is 2.72. The topological polar surface area (TPSA) is 86.7 Å². The van der Waals surface area contributed by atoms with E-state index in [-0.39, 0.29) is 18.2 Å². The minimum absolute atomic E-state index is 0.183. The Morgan fingerprint density at radius 3 is 2.45 bits per heavy atom. The van der Waals surface area contributed by atoms with Gasteiger partial charge in [0.1, 0.15) is 5.54 Å². The van der Waals surface area contributed by atoms with Crippen LogP contribution in [0.1, 0.15) is 36.2 Å². The molecule has 0 bridgehead atoms. The minimum Gasteiger partial charge on any atom is -0.480 e. The fourth-order valence-corrected chi connectivity index (χ4v) is 1.89. The van der Waals surface area contributed by atoms with Crippen LogP contribution in [0.4, 0.5) is 0 Å². The van der Waals surface area contributed by atoms with Crippen molar-refractivity contribution >= 4 is 17.8 Å². The van der Waals surface area contributed by atoms with Gasteiger partial charge in [-0.15, -0.1) is 0 Å². The van der Waals surface area contributed by atoms with Crippen LogP contribution in [0, 0.1) is 0 Å². The highest BCUT2D eigenvalue weighted by molar-refractivity contribution is 5.94. The Hall–Kier alpha value is -2.37. The highest BCUT2D eigenvalue weighted by Crippen LogP contribution is 2.15. The van der Waals surface area contributed by atoms with Gasteiger partial charge in [-0.25, -0.2) is 4.79 Å². The second-order valence-electron chi connectivity index (χ2n) is 5.60. The Morgan fingerprint density at radius 2 is 1.91 bits per heavy atom. The van der Waals surface area contributed by atoms with Crippen molar-refractivity contribution in [1.82, 2.24) is 10.2 Å². The minimum atomic E-state index is -1.25. The molecule has 1 aromatic carbocycles. The summed E-state index contributed by atoms with van der Waals surface area (Å²) >= 11 is 0. The fourth-order valence-electron chi connectivity index (χ4n) is 1.89. The van der Waals surface area contributed by atoms with E-state index in [1.54, 1.807) is 25.2 Å². The van der Waals surface area contributed by atoms with Gasteiger partial charge in [-0.05, 0) is 38.0 Å². The van der Waals surface area contributed by atoms with Crippen molar-refractivity contribution in [3.63, 3.8) is 0 Å². The van der Waals surface area contributed by atoms with Crippen LogP contribution >= 0.6 is 0 Å². The molecule has 0 heterocycles. The molecular formula is C16H22N2O4. The Bertz CT molecular complexity index is 581. The molecule has 120 valence electrons. The largest absolute Gasteiger partial charge is 0.480 e. The summed E-state index contributed by atoms with van der Waals surface area (Å²) < 4.78 is 0. The summed E-state index contributed by atoms with van der Waals surface area (Å²) in [6.45, 7) is 2.97. The summed E-state index contributed by atoms with van der Waals surface area (Å²) in [6.07, 6.45) is 0.633. The summed E-state index contributed by atoms with van der Waals surface area (Å²) in [7, 11) is 3.04. The average Bonchev–Trinajstić information content (AvgIpc) is 2.50. The van der Waals surface area contributed by atoms with Crippen LogP contribution in [0.25, 0.3) is 0 Å². The second kappa shape index (κ2) is 7.06. The Morgan fingerprint density at radius 1 is 1.27 bits per heavy atom. The van der Waals surface area contributed by atoms with Gasteiger partial charge < -0.3 is 15.3 Å². The summed E-state index contributed by atoms with van der Waals surface area (Å²) in [6, 6.07) is 7.02. The number of nitrogens with one attached hydrogen (secondary N) is 1. The van der Waals surface area contributed by atoms with Crippen LogP contribution in [0.5, 0.6) is 0 Å². The van der Waals surface area contributed by atoms with Crippen molar-refractivity contribution < 1.29 is 19.5 Å². The Labute approximate surface area is 130 Å². The Kier molecular flexibility index (Phi) is 5.68. The number of aryl methyl sites for hydroxylation is 1. The monoisotopic (exact) mass is 306 g/mol. The van der Waals surface area contributed by atoms with Crippen molar-refractivity contribution in [2.45, 2.75) is 32.2 Å². The van der Waals surface area contributed by atoms with Gasteiger partial charge in [-0.3, -0.25) is 9.59 Å². The summed E-state index contributed by atoms with van der Waals surface area (Å²) in [4.78, 5) is 36.1. The maximum absolute atomic E-state index is 12.1. The van der Waals surface area contributed by atoms with Crippen molar-refractivity contribution in [1.29, 1.82) is 0 Å². The number of carbonyl (C=O) groups excluding carboxylic acids is 2. The van der Waals surface area contributed by atoms with Gasteiger partial charge in [0.2, 0.25) is 5.91 Å². The van der Waals surface area contributed by atoms with Gasteiger partial charge in [0.25, 0.3) is 5.91 Å². The summed E-state index contributed by atoms with van der Waals surface area (Å²) in [5.41, 5.74) is 0.142. The van der Waals surface area contributed by atoms with E-state index in [4.69, 9.17) is 5.11 Å². The molecule has 0 saturated carbocycles. The third kappa shape index (κ3) is 4.07. The molecule has 0 saturated heterocycles. The van der Waals surface area contributed by atoms with Crippen LogP contribution in [0.3, 0.4) is 0 Å². The molecule has 0 radical (unpaired) electrons. The number of rotatable bonds is 6. The molecule has 0 aliphatic carbocycles.